The van der Waals surface area contributed by atoms with Crippen LogP contribution in [0.3, 0.4) is 0 Å². The first kappa shape index (κ1) is 15.5. The van der Waals surface area contributed by atoms with E-state index in [1.807, 2.05) is 0 Å². The third kappa shape index (κ3) is 2.86. The minimum Gasteiger partial charge on any atom is -0.465 e. The van der Waals surface area contributed by atoms with Crippen molar-refractivity contribution in [2.75, 3.05) is 26.0 Å². The molecule has 1 saturated heterocycles. The molecule has 0 radical (unpaired) electrons. The highest BCUT2D eigenvalue weighted by atomic mass is 32.2. The van der Waals surface area contributed by atoms with E-state index in [1.54, 1.807) is 18.6 Å². The molecule has 104 valence electrons. The van der Waals surface area contributed by atoms with Crippen molar-refractivity contribution in [1.82, 2.24) is 4.81 Å². The van der Waals surface area contributed by atoms with E-state index in [1.165, 1.54) is 0 Å². The molecule has 0 amide bonds. The van der Waals surface area contributed by atoms with Crippen LogP contribution in [0.2, 0.25) is 6.82 Å². The molecule has 0 atom stereocenters. The Morgan fingerprint density at radius 3 is 2.28 bits per heavy atom. The van der Waals surface area contributed by atoms with Gasteiger partial charge in [-0.05, 0) is 39.7 Å². The first-order valence-corrected chi connectivity index (χ1v) is 7.92. The normalized spacial score (nSPS) is 20.4. The number of hydrogen-bond donors (Lipinski definition) is 1. The molecule has 1 fully saturated rings. The monoisotopic (exact) mass is 277 g/mol. The Morgan fingerprint density at radius 2 is 1.94 bits per heavy atom. The lowest BCUT2D eigenvalue weighted by atomic mass is 9.80. The summed E-state index contributed by atoms with van der Waals surface area (Å²) >= 11 is 0. The number of nitrogens with zero attached hydrogens (tertiary/aromatic N) is 1. The third-order valence-corrected chi connectivity index (χ3v) is 5.49. The summed E-state index contributed by atoms with van der Waals surface area (Å²) in [5.74, 6) is -0.669. The van der Waals surface area contributed by atoms with Crippen molar-refractivity contribution in [3.8, 4) is 0 Å². The van der Waals surface area contributed by atoms with Crippen molar-refractivity contribution >= 4 is 22.9 Å². The summed E-state index contributed by atoms with van der Waals surface area (Å²) < 4.78 is 27.3. The van der Waals surface area contributed by atoms with Gasteiger partial charge in [-0.15, -0.1) is 0 Å². The van der Waals surface area contributed by atoms with Crippen molar-refractivity contribution in [2.45, 2.75) is 31.3 Å². The second-order valence-corrected chi connectivity index (χ2v) is 6.98. The van der Waals surface area contributed by atoms with E-state index in [0.717, 1.165) is 6.26 Å². The lowest BCUT2D eigenvalue weighted by molar-refractivity contribution is -0.147. The van der Waals surface area contributed by atoms with Crippen molar-refractivity contribution in [3.63, 3.8) is 0 Å². The van der Waals surface area contributed by atoms with Crippen LogP contribution in [-0.4, -0.2) is 62.0 Å². The zero-order valence-corrected chi connectivity index (χ0v) is 11.9. The minimum atomic E-state index is -3.54. The maximum Gasteiger partial charge on any atom is 0.376 e. The van der Waals surface area contributed by atoms with Gasteiger partial charge in [-0.1, -0.05) is 0 Å². The van der Waals surface area contributed by atoms with Gasteiger partial charge in [-0.25, -0.2) is 8.42 Å². The molecular formula is C10H20BNO5S. The van der Waals surface area contributed by atoms with E-state index in [-0.39, 0.29) is 19.4 Å². The summed E-state index contributed by atoms with van der Waals surface area (Å²) in [5, 5.41) is 9.45. The third-order valence-electron chi connectivity index (χ3n) is 3.49. The maximum atomic E-state index is 12.0. The Labute approximate surface area is 108 Å². The molecule has 18 heavy (non-hydrogen) atoms. The molecule has 0 aromatic carbocycles. The van der Waals surface area contributed by atoms with Gasteiger partial charge >= 0.3 is 13.0 Å². The van der Waals surface area contributed by atoms with Crippen LogP contribution in [0.15, 0.2) is 0 Å². The SMILES string of the molecule is CCOC(=O)C1(S(C)(=O)=O)CCN(B(C)O)CC1. The van der Waals surface area contributed by atoms with Crippen molar-refractivity contribution in [2.24, 2.45) is 0 Å². The summed E-state index contributed by atoms with van der Waals surface area (Å²) in [5.41, 5.74) is 0. The predicted molar refractivity (Wildman–Crippen MR) is 68.9 cm³/mol. The summed E-state index contributed by atoms with van der Waals surface area (Å²) in [7, 11) is -4.18. The summed E-state index contributed by atoms with van der Waals surface area (Å²) in [6.45, 7) is 4.17. The van der Waals surface area contributed by atoms with Gasteiger partial charge in [-0.2, -0.15) is 0 Å². The van der Waals surface area contributed by atoms with Gasteiger partial charge in [0.05, 0.1) is 6.61 Å². The second kappa shape index (κ2) is 5.58. The van der Waals surface area contributed by atoms with Crippen molar-refractivity contribution < 1.29 is 23.0 Å². The maximum absolute atomic E-state index is 12.0. The van der Waals surface area contributed by atoms with Crippen LogP contribution in [0, 0.1) is 0 Å². The Kier molecular flexibility index (Phi) is 4.80. The van der Waals surface area contributed by atoms with E-state index >= 15 is 0 Å². The highest BCUT2D eigenvalue weighted by molar-refractivity contribution is 7.92. The number of carbonyl (C=O) groups excluding carboxylic acids is 1. The first-order valence-electron chi connectivity index (χ1n) is 6.03. The van der Waals surface area contributed by atoms with Gasteiger partial charge in [0.25, 0.3) is 0 Å². The van der Waals surface area contributed by atoms with Crippen LogP contribution in [0.4, 0.5) is 0 Å². The van der Waals surface area contributed by atoms with Crippen LogP contribution in [0.25, 0.3) is 0 Å². The molecule has 8 heteroatoms. The molecule has 0 aliphatic carbocycles. The molecule has 0 unspecified atom stereocenters. The predicted octanol–water partition coefficient (Wildman–Crippen LogP) is -0.461. The average molecular weight is 277 g/mol. The Balaban J connectivity index is 2.94. The number of rotatable bonds is 4. The van der Waals surface area contributed by atoms with E-state index in [9.17, 15) is 18.2 Å². The standard InChI is InChI=1S/C10H20BNO5S/c1-4-17-9(13)10(18(3,15)16)5-7-12(8-6-10)11(2)14/h14H,4-8H2,1-3H3. The second-order valence-electron chi connectivity index (χ2n) is 4.65. The van der Waals surface area contributed by atoms with Gasteiger partial charge in [-0.3, -0.25) is 4.79 Å². The molecule has 6 nitrogen and oxygen atoms in total. The van der Waals surface area contributed by atoms with Crippen molar-refractivity contribution in [3.05, 3.63) is 0 Å². The van der Waals surface area contributed by atoms with Gasteiger partial charge < -0.3 is 14.6 Å². The van der Waals surface area contributed by atoms with Gasteiger partial charge in [0.15, 0.2) is 14.6 Å². The fraction of sp³-hybridized carbons (Fsp3) is 0.900. The molecule has 1 aliphatic heterocycles. The Bertz CT molecular complexity index is 400. The Morgan fingerprint density at radius 1 is 1.44 bits per heavy atom. The topological polar surface area (TPSA) is 83.9 Å². The smallest absolute Gasteiger partial charge is 0.376 e. The minimum absolute atomic E-state index is 0.162. The summed E-state index contributed by atoms with van der Waals surface area (Å²) in [4.78, 5) is 13.7. The van der Waals surface area contributed by atoms with Gasteiger partial charge in [0, 0.05) is 6.26 Å². The van der Waals surface area contributed by atoms with Crippen LogP contribution in [0.1, 0.15) is 19.8 Å². The van der Waals surface area contributed by atoms with Crippen LogP contribution in [-0.2, 0) is 19.4 Å². The highest BCUT2D eigenvalue weighted by Gasteiger charge is 2.51. The fourth-order valence-corrected chi connectivity index (χ4v) is 3.53. The largest absolute Gasteiger partial charge is 0.465 e. The molecule has 0 spiro atoms. The highest BCUT2D eigenvalue weighted by Crippen LogP contribution is 2.32. The number of sulfone groups is 1. The molecule has 0 aromatic heterocycles. The van der Waals surface area contributed by atoms with E-state index in [0.29, 0.717) is 13.1 Å². The molecule has 0 aromatic rings. The van der Waals surface area contributed by atoms with Gasteiger partial charge in [0.1, 0.15) is 0 Å². The quantitative estimate of drug-likeness (QED) is 0.553. The average Bonchev–Trinajstić information content (AvgIpc) is 2.27. The number of ether oxygens (including phenoxy) is 1. The molecule has 0 bridgehead atoms. The molecule has 1 heterocycles. The number of carbonyl (C=O) groups is 1. The van der Waals surface area contributed by atoms with Crippen LogP contribution < -0.4 is 0 Å². The lowest BCUT2D eigenvalue weighted by Crippen LogP contribution is -2.56. The molecule has 1 N–H and O–H groups in total. The molecule has 0 saturated carbocycles. The zero-order chi connectivity index (χ0) is 14.0. The fourth-order valence-electron chi connectivity index (χ4n) is 2.25. The lowest BCUT2D eigenvalue weighted by Gasteiger charge is -2.38. The molecule has 1 aliphatic rings. The van der Waals surface area contributed by atoms with Gasteiger partial charge in [0.2, 0.25) is 0 Å². The zero-order valence-electron chi connectivity index (χ0n) is 11.0. The van der Waals surface area contributed by atoms with E-state index in [4.69, 9.17) is 4.74 Å². The number of piperidine rings is 1. The van der Waals surface area contributed by atoms with Crippen molar-refractivity contribution in [1.29, 1.82) is 0 Å². The summed E-state index contributed by atoms with van der Waals surface area (Å²) in [6.07, 6.45) is 1.40. The van der Waals surface area contributed by atoms with E-state index in [2.05, 4.69) is 0 Å². The van der Waals surface area contributed by atoms with Crippen LogP contribution >= 0.6 is 0 Å². The Hall–Kier alpha value is -0.595. The number of esters is 1. The molecular weight excluding hydrogens is 257 g/mol. The molecule has 1 rings (SSSR count). The number of hydrogen-bond acceptors (Lipinski definition) is 6. The van der Waals surface area contributed by atoms with Crippen LogP contribution in [0.5, 0.6) is 0 Å². The summed E-state index contributed by atoms with van der Waals surface area (Å²) in [6, 6.07) is 0. The first-order chi connectivity index (χ1) is 8.24. The van der Waals surface area contributed by atoms with E-state index < -0.39 is 27.6 Å².